The van der Waals surface area contributed by atoms with E-state index in [9.17, 15) is 18.8 Å². The summed E-state index contributed by atoms with van der Waals surface area (Å²) in [7, 11) is 0. The lowest BCUT2D eigenvalue weighted by Gasteiger charge is -2.28. The van der Waals surface area contributed by atoms with E-state index in [1.54, 1.807) is 40.7 Å². The zero-order valence-electron chi connectivity index (χ0n) is 20.3. The van der Waals surface area contributed by atoms with Crippen LogP contribution in [0.4, 0.5) is 14.9 Å². The number of hydrogen-bond acceptors (Lipinski definition) is 5. The molecule has 8 heteroatoms. The second kappa shape index (κ2) is 12.0. The van der Waals surface area contributed by atoms with Gasteiger partial charge < -0.3 is 20.1 Å². The molecule has 184 valence electrons. The van der Waals surface area contributed by atoms with Crippen LogP contribution in [-0.2, 0) is 19.1 Å². The van der Waals surface area contributed by atoms with Crippen molar-refractivity contribution in [3.05, 3.63) is 29.6 Å². The Morgan fingerprint density at radius 1 is 1.12 bits per heavy atom. The van der Waals surface area contributed by atoms with Crippen molar-refractivity contribution >= 4 is 23.7 Å². The predicted octanol–water partition coefficient (Wildman–Crippen LogP) is 5.29. The quantitative estimate of drug-likeness (QED) is 0.422. The molecule has 2 N–H and O–H groups in total. The first-order valence-corrected chi connectivity index (χ1v) is 11.8. The standard InChI is InChI=1S/C25H37FN2O5/c1-6-32-23(30)16(2)18-13-14-20(19(26)15-18)27-22(29)21(17-11-9-7-8-10-12-17)28-24(31)33-25(3,4)5/h13-17,21H,6-12H2,1-5H3,(H,27,29)(H,28,31)/t16?,21-/m0/s1. The summed E-state index contributed by atoms with van der Waals surface area (Å²) in [6, 6.07) is 3.40. The smallest absolute Gasteiger partial charge is 0.408 e. The van der Waals surface area contributed by atoms with Gasteiger partial charge in [-0.1, -0.05) is 31.7 Å². The normalized spacial score (nSPS) is 16.8. The Kier molecular flexibility index (Phi) is 9.68. The number of rotatable bonds is 7. The SMILES string of the molecule is CCOC(=O)C(C)c1ccc(NC(=O)[C@@H](NC(=O)OC(C)(C)C)C2CCCCCC2)c(F)c1. The fourth-order valence-electron chi connectivity index (χ4n) is 3.99. The van der Waals surface area contributed by atoms with Crippen molar-refractivity contribution in [3.8, 4) is 0 Å². The molecule has 1 saturated carbocycles. The molecule has 2 amide bonds. The first-order chi connectivity index (χ1) is 15.5. The number of ether oxygens (including phenoxy) is 2. The van der Waals surface area contributed by atoms with E-state index in [0.29, 0.717) is 5.56 Å². The van der Waals surface area contributed by atoms with Gasteiger partial charge in [-0.15, -0.1) is 0 Å². The molecule has 1 aromatic rings. The van der Waals surface area contributed by atoms with Crippen molar-refractivity contribution in [2.24, 2.45) is 5.92 Å². The zero-order valence-corrected chi connectivity index (χ0v) is 20.3. The van der Waals surface area contributed by atoms with E-state index in [2.05, 4.69) is 10.6 Å². The van der Waals surface area contributed by atoms with Crippen LogP contribution in [0.3, 0.4) is 0 Å². The van der Waals surface area contributed by atoms with Crippen LogP contribution in [0, 0.1) is 11.7 Å². The van der Waals surface area contributed by atoms with Gasteiger partial charge in [-0.3, -0.25) is 9.59 Å². The lowest BCUT2D eigenvalue weighted by Crippen LogP contribution is -2.50. The molecule has 1 aliphatic carbocycles. The van der Waals surface area contributed by atoms with Gasteiger partial charge in [0.15, 0.2) is 0 Å². The minimum atomic E-state index is -0.838. The molecule has 2 atom stereocenters. The number of benzene rings is 1. The first-order valence-electron chi connectivity index (χ1n) is 11.8. The van der Waals surface area contributed by atoms with Gasteiger partial charge in [0.1, 0.15) is 17.5 Å². The van der Waals surface area contributed by atoms with E-state index in [1.165, 1.54) is 12.1 Å². The summed E-state index contributed by atoms with van der Waals surface area (Å²) >= 11 is 0. The van der Waals surface area contributed by atoms with Crippen LogP contribution in [0.2, 0.25) is 0 Å². The lowest BCUT2D eigenvalue weighted by molar-refractivity contribution is -0.144. The van der Waals surface area contributed by atoms with Crippen LogP contribution in [0.1, 0.15) is 84.6 Å². The number of esters is 1. The lowest BCUT2D eigenvalue weighted by atomic mass is 9.91. The molecule has 1 unspecified atom stereocenters. The molecule has 0 spiro atoms. The zero-order chi connectivity index (χ0) is 24.6. The predicted molar refractivity (Wildman–Crippen MR) is 124 cm³/mol. The van der Waals surface area contributed by atoms with E-state index in [0.717, 1.165) is 38.5 Å². The summed E-state index contributed by atoms with van der Waals surface area (Å²) in [5, 5.41) is 5.33. The summed E-state index contributed by atoms with van der Waals surface area (Å²) in [5.74, 6) is -2.28. The van der Waals surface area contributed by atoms with Gasteiger partial charge in [0.2, 0.25) is 5.91 Å². The number of carbonyl (C=O) groups excluding carboxylic acids is 3. The summed E-state index contributed by atoms with van der Waals surface area (Å²) in [6.45, 7) is 8.84. The largest absolute Gasteiger partial charge is 0.466 e. The molecular weight excluding hydrogens is 427 g/mol. The Morgan fingerprint density at radius 3 is 2.30 bits per heavy atom. The fourth-order valence-corrected chi connectivity index (χ4v) is 3.99. The minimum Gasteiger partial charge on any atom is -0.466 e. The van der Waals surface area contributed by atoms with Crippen molar-refractivity contribution in [1.29, 1.82) is 0 Å². The monoisotopic (exact) mass is 464 g/mol. The molecule has 0 aliphatic heterocycles. The molecule has 2 rings (SSSR count). The molecule has 0 aromatic heterocycles. The number of alkyl carbamates (subject to hydrolysis) is 1. The highest BCUT2D eigenvalue weighted by atomic mass is 19.1. The van der Waals surface area contributed by atoms with Crippen LogP contribution in [0.5, 0.6) is 0 Å². The maximum atomic E-state index is 14.8. The Morgan fingerprint density at radius 2 is 1.76 bits per heavy atom. The fraction of sp³-hybridized carbons (Fsp3) is 0.640. The Bertz CT molecular complexity index is 829. The van der Waals surface area contributed by atoms with Crippen molar-refractivity contribution < 1.29 is 28.2 Å². The van der Waals surface area contributed by atoms with Gasteiger partial charge in [-0.25, -0.2) is 9.18 Å². The van der Waals surface area contributed by atoms with Crippen molar-refractivity contribution in [3.63, 3.8) is 0 Å². The summed E-state index contributed by atoms with van der Waals surface area (Å²) in [5.41, 5.74) is -0.257. The van der Waals surface area contributed by atoms with Crippen LogP contribution < -0.4 is 10.6 Å². The molecule has 1 fully saturated rings. The summed E-state index contributed by atoms with van der Waals surface area (Å²) < 4.78 is 25.1. The van der Waals surface area contributed by atoms with Gasteiger partial charge in [0.25, 0.3) is 0 Å². The minimum absolute atomic E-state index is 0.00980. The van der Waals surface area contributed by atoms with Gasteiger partial charge in [0.05, 0.1) is 18.2 Å². The van der Waals surface area contributed by atoms with E-state index in [-0.39, 0.29) is 18.2 Å². The van der Waals surface area contributed by atoms with Crippen LogP contribution in [0.15, 0.2) is 18.2 Å². The van der Waals surface area contributed by atoms with Crippen molar-refractivity contribution in [2.45, 2.75) is 90.7 Å². The maximum Gasteiger partial charge on any atom is 0.408 e. The Balaban J connectivity index is 2.18. The highest BCUT2D eigenvalue weighted by Crippen LogP contribution is 2.28. The second-order valence-electron chi connectivity index (χ2n) is 9.58. The summed E-state index contributed by atoms with van der Waals surface area (Å²) in [4.78, 5) is 37.5. The number of anilines is 1. The number of amides is 2. The molecule has 33 heavy (non-hydrogen) atoms. The first kappa shape index (κ1) is 26.6. The molecule has 0 radical (unpaired) electrons. The van der Waals surface area contributed by atoms with E-state index >= 15 is 0 Å². The van der Waals surface area contributed by atoms with Crippen molar-refractivity contribution in [2.75, 3.05) is 11.9 Å². The van der Waals surface area contributed by atoms with Crippen LogP contribution >= 0.6 is 0 Å². The van der Waals surface area contributed by atoms with Crippen LogP contribution in [0.25, 0.3) is 0 Å². The average Bonchev–Trinajstić information content (AvgIpc) is 3.01. The maximum absolute atomic E-state index is 14.8. The van der Waals surface area contributed by atoms with Gasteiger partial charge in [0, 0.05) is 0 Å². The topological polar surface area (TPSA) is 93.7 Å². The molecule has 1 aromatic carbocycles. The highest BCUT2D eigenvalue weighted by molar-refractivity contribution is 5.97. The molecule has 1 aliphatic rings. The average molecular weight is 465 g/mol. The van der Waals surface area contributed by atoms with Crippen molar-refractivity contribution in [1.82, 2.24) is 5.32 Å². The van der Waals surface area contributed by atoms with Gasteiger partial charge >= 0.3 is 12.1 Å². The number of hydrogen-bond donors (Lipinski definition) is 2. The van der Waals surface area contributed by atoms with Gasteiger partial charge in [-0.05, 0) is 71.1 Å². The number of carbonyl (C=O) groups is 3. The Hall–Kier alpha value is -2.64. The molecular formula is C25H37FN2O5. The number of halogens is 1. The summed E-state index contributed by atoms with van der Waals surface area (Å²) in [6.07, 6.45) is 5.04. The molecule has 0 heterocycles. The van der Waals surface area contributed by atoms with E-state index < -0.39 is 41.3 Å². The van der Waals surface area contributed by atoms with Gasteiger partial charge in [-0.2, -0.15) is 0 Å². The van der Waals surface area contributed by atoms with E-state index in [1.807, 2.05) is 0 Å². The van der Waals surface area contributed by atoms with E-state index in [4.69, 9.17) is 9.47 Å². The number of nitrogens with one attached hydrogen (secondary N) is 2. The third kappa shape index (κ3) is 8.33. The molecule has 0 bridgehead atoms. The van der Waals surface area contributed by atoms with Crippen LogP contribution in [-0.4, -0.2) is 36.2 Å². The third-order valence-corrected chi connectivity index (χ3v) is 5.72. The molecule has 0 saturated heterocycles. The second-order valence-corrected chi connectivity index (χ2v) is 9.58. The molecule has 7 nitrogen and oxygen atoms in total. The third-order valence-electron chi connectivity index (χ3n) is 5.72. The Labute approximate surface area is 195 Å². The highest BCUT2D eigenvalue weighted by Gasteiger charge is 2.32.